The predicted octanol–water partition coefficient (Wildman–Crippen LogP) is 2.82. The topological polar surface area (TPSA) is 109 Å². The number of imide groups is 1. The zero-order valence-corrected chi connectivity index (χ0v) is 19.9. The number of unbranched alkanes of at least 4 members (excludes halogenated alkanes) is 3. The Morgan fingerprint density at radius 1 is 1.15 bits per heavy atom. The lowest BCUT2D eigenvalue weighted by atomic mass is 9.79. The van der Waals surface area contributed by atoms with Gasteiger partial charge in [0.25, 0.3) is 11.8 Å². The normalized spacial score (nSPS) is 20.7. The monoisotopic (exact) mass is 458 g/mol. The van der Waals surface area contributed by atoms with E-state index in [9.17, 15) is 14.4 Å². The average Bonchev–Trinajstić information content (AvgIpc) is 3.08. The summed E-state index contributed by atoms with van der Waals surface area (Å²) in [7, 11) is 3.08. The fourth-order valence-electron chi connectivity index (χ4n) is 4.71. The van der Waals surface area contributed by atoms with Gasteiger partial charge in [0.2, 0.25) is 0 Å². The van der Waals surface area contributed by atoms with Gasteiger partial charge in [0.05, 0.1) is 31.0 Å². The summed E-state index contributed by atoms with van der Waals surface area (Å²) in [5.74, 6) is 0.255. The summed E-state index contributed by atoms with van der Waals surface area (Å²) in [6.07, 6.45) is 4.54. The van der Waals surface area contributed by atoms with Gasteiger partial charge in [-0.05, 0) is 25.5 Å². The van der Waals surface area contributed by atoms with E-state index in [0.29, 0.717) is 54.4 Å². The SMILES string of the molecule is CCCCCCC1(C2=C(C)C(=O)NC2=O)CNCCN1C(=O)Nc1cc(OC)ccc1OC. The van der Waals surface area contributed by atoms with Gasteiger partial charge < -0.3 is 25.0 Å². The molecule has 0 spiro atoms. The van der Waals surface area contributed by atoms with E-state index in [0.717, 1.165) is 25.7 Å². The number of carbonyl (C=O) groups excluding carboxylic acids is 3. The highest BCUT2D eigenvalue weighted by Crippen LogP contribution is 2.38. The number of hydrogen-bond acceptors (Lipinski definition) is 6. The van der Waals surface area contributed by atoms with Gasteiger partial charge in [-0.1, -0.05) is 32.6 Å². The van der Waals surface area contributed by atoms with Crippen molar-refractivity contribution in [2.45, 2.75) is 51.5 Å². The quantitative estimate of drug-likeness (QED) is 0.388. The number of anilines is 1. The molecule has 0 bridgehead atoms. The van der Waals surface area contributed by atoms with Crippen LogP contribution in [0.4, 0.5) is 10.5 Å². The van der Waals surface area contributed by atoms with E-state index in [-0.39, 0.29) is 6.03 Å². The second-order valence-corrected chi connectivity index (χ2v) is 8.45. The van der Waals surface area contributed by atoms with Gasteiger partial charge >= 0.3 is 6.03 Å². The zero-order valence-electron chi connectivity index (χ0n) is 19.9. The van der Waals surface area contributed by atoms with Crippen LogP contribution in [0.5, 0.6) is 11.5 Å². The minimum atomic E-state index is -0.928. The molecule has 3 rings (SSSR count). The second kappa shape index (κ2) is 10.7. The third-order valence-corrected chi connectivity index (χ3v) is 6.42. The Labute approximate surface area is 194 Å². The molecule has 9 nitrogen and oxygen atoms in total. The number of ether oxygens (including phenoxy) is 2. The maximum atomic E-state index is 13.6. The molecule has 1 aromatic rings. The van der Waals surface area contributed by atoms with Crippen molar-refractivity contribution in [3.8, 4) is 11.5 Å². The highest BCUT2D eigenvalue weighted by atomic mass is 16.5. The molecule has 0 saturated carbocycles. The van der Waals surface area contributed by atoms with Crippen LogP contribution in [0.1, 0.15) is 46.0 Å². The molecule has 4 amide bonds. The van der Waals surface area contributed by atoms with Crippen LogP contribution in [0.25, 0.3) is 0 Å². The number of amides is 4. The fraction of sp³-hybridized carbons (Fsp3) is 0.542. The maximum Gasteiger partial charge on any atom is 0.322 e. The van der Waals surface area contributed by atoms with E-state index in [2.05, 4.69) is 22.9 Å². The van der Waals surface area contributed by atoms with Crippen LogP contribution >= 0.6 is 0 Å². The molecule has 2 aliphatic rings. The second-order valence-electron chi connectivity index (χ2n) is 8.45. The Morgan fingerprint density at radius 2 is 1.94 bits per heavy atom. The summed E-state index contributed by atoms with van der Waals surface area (Å²) in [5.41, 5.74) is 0.292. The minimum Gasteiger partial charge on any atom is -0.497 e. The molecule has 2 heterocycles. The van der Waals surface area contributed by atoms with Crippen LogP contribution in [-0.4, -0.2) is 62.1 Å². The van der Waals surface area contributed by atoms with E-state index in [4.69, 9.17) is 9.47 Å². The number of piperazine rings is 1. The van der Waals surface area contributed by atoms with Gasteiger partial charge in [-0.3, -0.25) is 14.9 Å². The number of carbonyl (C=O) groups is 3. The number of methoxy groups -OCH3 is 2. The van der Waals surface area contributed by atoms with Crippen molar-refractivity contribution in [2.24, 2.45) is 0 Å². The van der Waals surface area contributed by atoms with Crippen LogP contribution in [0.15, 0.2) is 29.3 Å². The Hall–Kier alpha value is -3.07. The van der Waals surface area contributed by atoms with Gasteiger partial charge in [-0.15, -0.1) is 0 Å². The average molecular weight is 459 g/mol. The third kappa shape index (κ3) is 4.98. The lowest BCUT2D eigenvalue weighted by molar-refractivity contribution is -0.124. The van der Waals surface area contributed by atoms with Crippen molar-refractivity contribution in [1.82, 2.24) is 15.5 Å². The Balaban J connectivity index is 1.99. The molecule has 0 aliphatic carbocycles. The molecular formula is C24H34N4O5. The van der Waals surface area contributed by atoms with Crippen molar-refractivity contribution in [2.75, 3.05) is 39.2 Å². The molecule has 180 valence electrons. The fourth-order valence-corrected chi connectivity index (χ4v) is 4.71. The van der Waals surface area contributed by atoms with Crippen LogP contribution in [0.3, 0.4) is 0 Å². The van der Waals surface area contributed by atoms with Crippen molar-refractivity contribution in [3.63, 3.8) is 0 Å². The van der Waals surface area contributed by atoms with E-state index in [1.165, 1.54) is 7.11 Å². The van der Waals surface area contributed by atoms with Crippen molar-refractivity contribution in [1.29, 1.82) is 0 Å². The number of hydrogen-bond donors (Lipinski definition) is 3. The highest BCUT2D eigenvalue weighted by Gasteiger charge is 2.50. The summed E-state index contributed by atoms with van der Waals surface area (Å²) in [4.78, 5) is 40.5. The van der Waals surface area contributed by atoms with Gasteiger partial charge in [-0.2, -0.15) is 0 Å². The number of benzene rings is 1. The molecule has 1 atom stereocenters. The Morgan fingerprint density at radius 3 is 2.58 bits per heavy atom. The van der Waals surface area contributed by atoms with E-state index in [1.54, 1.807) is 37.1 Å². The smallest absolute Gasteiger partial charge is 0.322 e. The van der Waals surface area contributed by atoms with Crippen LogP contribution < -0.4 is 25.4 Å². The summed E-state index contributed by atoms with van der Waals surface area (Å²) in [6, 6.07) is 4.81. The summed E-state index contributed by atoms with van der Waals surface area (Å²) >= 11 is 0. The molecule has 33 heavy (non-hydrogen) atoms. The molecule has 1 saturated heterocycles. The Bertz CT molecular complexity index is 945. The zero-order chi connectivity index (χ0) is 24.0. The first kappa shape index (κ1) is 24.6. The first-order chi connectivity index (χ1) is 15.9. The van der Waals surface area contributed by atoms with Gasteiger partial charge in [0, 0.05) is 31.3 Å². The number of urea groups is 1. The van der Waals surface area contributed by atoms with Crippen molar-refractivity contribution in [3.05, 3.63) is 29.3 Å². The first-order valence-corrected chi connectivity index (χ1v) is 11.5. The first-order valence-electron chi connectivity index (χ1n) is 11.5. The predicted molar refractivity (Wildman–Crippen MR) is 125 cm³/mol. The van der Waals surface area contributed by atoms with Crippen LogP contribution in [0, 0.1) is 0 Å². The number of nitrogens with zero attached hydrogens (tertiary/aromatic N) is 1. The highest BCUT2D eigenvalue weighted by molar-refractivity contribution is 6.20. The van der Waals surface area contributed by atoms with Gasteiger partial charge in [-0.25, -0.2) is 4.79 Å². The third-order valence-electron chi connectivity index (χ3n) is 6.42. The largest absolute Gasteiger partial charge is 0.497 e. The molecule has 9 heteroatoms. The molecule has 0 radical (unpaired) electrons. The van der Waals surface area contributed by atoms with Crippen molar-refractivity contribution < 1.29 is 23.9 Å². The van der Waals surface area contributed by atoms with Crippen LogP contribution in [0.2, 0.25) is 0 Å². The lowest BCUT2D eigenvalue weighted by Gasteiger charge is -2.48. The maximum absolute atomic E-state index is 13.6. The van der Waals surface area contributed by atoms with Crippen LogP contribution in [-0.2, 0) is 9.59 Å². The minimum absolute atomic E-state index is 0.356. The molecule has 1 aromatic carbocycles. The number of nitrogens with one attached hydrogen (secondary N) is 3. The standard InChI is InChI=1S/C24H34N4O5/c1-5-6-7-8-11-24(20-16(2)21(29)27-22(20)30)15-25-12-13-28(24)23(31)26-18-14-17(32-3)9-10-19(18)33-4/h9-10,14,25H,5-8,11-13,15H2,1-4H3,(H,26,31)(H,27,29,30). The molecular weight excluding hydrogens is 424 g/mol. The van der Waals surface area contributed by atoms with Gasteiger partial charge in [0.15, 0.2) is 0 Å². The molecule has 1 unspecified atom stereocenters. The lowest BCUT2D eigenvalue weighted by Crippen LogP contribution is -2.65. The summed E-state index contributed by atoms with van der Waals surface area (Å²) in [5, 5.41) is 8.70. The summed E-state index contributed by atoms with van der Waals surface area (Å²) < 4.78 is 10.7. The molecule has 2 aliphatic heterocycles. The van der Waals surface area contributed by atoms with E-state index in [1.807, 2.05) is 0 Å². The number of rotatable bonds is 9. The van der Waals surface area contributed by atoms with E-state index < -0.39 is 17.4 Å². The molecule has 1 fully saturated rings. The van der Waals surface area contributed by atoms with Crippen molar-refractivity contribution >= 4 is 23.5 Å². The van der Waals surface area contributed by atoms with Gasteiger partial charge in [0.1, 0.15) is 11.5 Å². The summed E-state index contributed by atoms with van der Waals surface area (Å²) in [6.45, 7) is 5.16. The molecule has 0 aromatic heterocycles. The van der Waals surface area contributed by atoms with E-state index >= 15 is 0 Å². The molecule has 3 N–H and O–H groups in total. The Kier molecular flexibility index (Phi) is 7.97.